The highest BCUT2D eigenvalue weighted by atomic mass is 16.1. The number of rotatable bonds is 4. The molecule has 0 saturated heterocycles. The topological polar surface area (TPSA) is 64.0 Å². The molecule has 3 rings (SSSR count). The fourth-order valence-electron chi connectivity index (χ4n) is 3.52. The van der Waals surface area contributed by atoms with Gasteiger partial charge in [-0.15, -0.1) is 0 Å². The molecule has 1 aromatic carbocycles. The number of benzene rings is 1. The third-order valence-corrected chi connectivity index (χ3v) is 5.11. The molecule has 0 aliphatic heterocycles. The highest BCUT2D eigenvalue weighted by Gasteiger charge is 2.22. The van der Waals surface area contributed by atoms with E-state index in [4.69, 9.17) is 0 Å². The Balaban J connectivity index is 1.68. The molecule has 2 aromatic rings. The number of aromatic nitrogens is 2. The van der Waals surface area contributed by atoms with E-state index in [0.717, 1.165) is 6.42 Å². The number of hydrogen-bond acceptors (Lipinski definition) is 3. The lowest BCUT2D eigenvalue weighted by molar-refractivity contribution is -0.122. The molecular weight excluding hydrogens is 302 g/mol. The van der Waals surface area contributed by atoms with Crippen LogP contribution in [-0.2, 0) is 18.3 Å². The van der Waals surface area contributed by atoms with Crippen molar-refractivity contribution >= 4 is 16.8 Å². The first-order valence-electron chi connectivity index (χ1n) is 8.80. The van der Waals surface area contributed by atoms with Crippen LogP contribution in [0.5, 0.6) is 0 Å². The van der Waals surface area contributed by atoms with E-state index in [1.807, 2.05) is 18.2 Å². The Morgan fingerprint density at radius 3 is 2.83 bits per heavy atom. The van der Waals surface area contributed by atoms with Gasteiger partial charge in [-0.1, -0.05) is 31.9 Å². The summed E-state index contributed by atoms with van der Waals surface area (Å²) in [6.07, 6.45) is 5.54. The zero-order valence-electron chi connectivity index (χ0n) is 14.4. The second-order valence-electron chi connectivity index (χ2n) is 6.85. The van der Waals surface area contributed by atoms with Gasteiger partial charge in [0.05, 0.1) is 10.9 Å². The maximum Gasteiger partial charge on any atom is 0.261 e. The minimum absolute atomic E-state index is 0.0520. The van der Waals surface area contributed by atoms with Crippen LogP contribution in [0.1, 0.15) is 44.9 Å². The minimum atomic E-state index is -0.0584. The van der Waals surface area contributed by atoms with Crippen LogP contribution in [0.25, 0.3) is 10.9 Å². The SMILES string of the molecule is C[C@@H]1CCCC[C@@H]1NC(=O)CCc1nc2ccccc2c(=O)n1C. The molecule has 24 heavy (non-hydrogen) atoms. The van der Waals surface area contributed by atoms with Crippen LogP contribution < -0.4 is 10.9 Å². The second-order valence-corrected chi connectivity index (χ2v) is 6.85. The van der Waals surface area contributed by atoms with Crippen LogP contribution in [-0.4, -0.2) is 21.5 Å². The van der Waals surface area contributed by atoms with E-state index in [1.165, 1.54) is 19.3 Å². The molecule has 1 heterocycles. The maximum absolute atomic E-state index is 12.4. The fourth-order valence-corrected chi connectivity index (χ4v) is 3.52. The van der Waals surface area contributed by atoms with Crippen molar-refractivity contribution in [2.75, 3.05) is 0 Å². The lowest BCUT2D eigenvalue weighted by Crippen LogP contribution is -2.41. The van der Waals surface area contributed by atoms with Crippen LogP contribution >= 0.6 is 0 Å². The van der Waals surface area contributed by atoms with Gasteiger partial charge in [-0.25, -0.2) is 4.98 Å². The smallest absolute Gasteiger partial charge is 0.261 e. The van der Waals surface area contributed by atoms with Crippen molar-refractivity contribution in [3.8, 4) is 0 Å². The van der Waals surface area contributed by atoms with E-state index >= 15 is 0 Å². The summed E-state index contributed by atoms with van der Waals surface area (Å²) in [5.74, 6) is 1.26. The Hall–Kier alpha value is -2.17. The average Bonchev–Trinajstić information content (AvgIpc) is 2.59. The average molecular weight is 327 g/mol. The van der Waals surface area contributed by atoms with E-state index < -0.39 is 0 Å². The monoisotopic (exact) mass is 327 g/mol. The summed E-state index contributed by atoms with van der Waals surface area (Å²) in [5, 5.41) is 3.77. The Labute approximate surface area is 142 Å². The van der Waals surface area contributed by atoms with Gasteiger partial charge in [0.25, 0.3) is 5.56 Å². The molecule has 1 fully saturated rings. The van der Waals surface area contributed by atoms with Crippen molar-refractivity contribution in [1.82, 2.24) is 14.9 Å². The van der Waals surface area contributed by atoms with Crippen LogP contribution in [0.2, 0.25) is 0 Å². The summed E-state index contributed by atoms with van der Waals surface area (Å²) in [6, 6.07) is 7.62. The van der Waals surface area contributed by atoms with Gasteiger partial charge in [0.2, 0.25) is 5.91 Å². The van der Waals surface area contributed by atoms with Gasteiger partial charge in [0.15, 0.2) is 0 Å². The minimum Gasteiger partial charge on any atom is -0.353 e. The van der Waals surface area contributed by atoms with Crippen molar-refractivity contribution in [3.63, 3.8) is 0 Å². The number of fused-ring (bicyclic) bond motifs is 1. The first kappa shape index (κ1) is 16.7. The molecule has 1 amide bonds. The Bertz CT molecular complexity index is 797. The Morgan fingerprint density at radius 1 is 1.29 bits per heavy atom. The fraction of sp³-hybridized carbons (Fsp3) is 0.526. The summed E-state index contributed by atoms with van der Waals surface area (Å²) < 4.78 is 1.55. The van der Waals surface area contributed by atoms with Crippen molar-refractivity contribution in [2.45, 2.75) is 51.5 Å². The number of nitrogens with zero attached hydrogens (tertiary/aromatic N) is 2. The second kappa shape index (κ2) is 7.16. The van der Waals surface area contributed by atoms with Gasteiger partial charge in [-0.05, 0) is 30.9 Å². The highest BCUT2D eigenvalue weighted by Crippen LogP contribution is 2.23. The van der Waals surface area contributed by atoms with Crippen molar-refractivity contribution < 1.29 is 4.79 Å². The molecule has 2 atom stereocenters. The molecule has 1 aromatic heterocycles. The lowest BCUT2D eigenvalue weighted by atomic mass is 9.86. The van der Waals surface area contributed by atoms with Crippen LogP contribution in [0.3, 0.4) is 0 Å². The molecule has 5 nitrogen and oxygen atoms in total. The van der Waals surface area contributed by atoms with Crippen molar-refractivity contribution in [3.05, 3.63) is 40.4 Å². The van der Waals surface area contributed by atoms with E-state index in [9.17, 15) is 9.59 Å². The predicted molar refractivity (Wildman–Crippen MR) is 94.9 cm³/mol. The largest absolute Gasteiger partial charge is 0.353 e. The van der Waals surface area contributed by atoms with Gasteiger partial charge >= 0.3 is 0 Å². The summed E-state index contributed by atoms with van der Waals surface area (Å²) >= 11 is 0. The van der Waals surface area contributed by atoms with Gasteiger partial charge in [-0.3, -0.25) is 14.2 Å². The van der Waals surface area contributed by atoms with E-state index in [1.54, 1.807) is 17.7 Å². The van der Waals surface area contributed by atoms with Gasteiger partial charge in [0, 0.05) is 25.9 Å². The number of aryl methyl sites for hydroxylation is 1. The first-order valence-corrected chi connectivity index (χ1v) is 8.80. The number of hydrogen-bond donors (Lipinski definition) is 1. The number of nitrogens with one attached hydrogen (secondary N) is 1. The summed E-state index contributed by atoms with van der Waals surface area (Å²) in [6.45, 7) is 2.21. The summed E-state index contributed by atoms with van der Waals surface area (Å²) in [7, 11) is 1.72. The zero-order chi connectivity index (χ0) is 17.1. The van der Waals surface area contributed by atoms with Gasteiger partial charge in [-0.2, -0.15) is 0 Å². The highest BCUT2D eigenvalue weighted by molar-refractivity contribution is 5.78. The third-order valence-electron chi connectivity index (χ3n) is 5.11. The van der Waals surface area contributed by atoms with Crippen LogP contribution in [0.4, 0.5) is 0 Å². The van der Waals surface area contributed by atoms with E-state index in [2.05, 4.69) is 17.2 Å². The lowest BCUT2D eigenvalue weighted by Gasteiger charge is -2.29. The van der Waals surface area contributed by atoms with Gasteiger partial charge < -0.3 is 5.32 Å². The van der Waals surface area contributed by atoms with Crippen molar-refractivity contribution in [2.24, 2.45) is 13.0 Å². The molecular formula is C19H25N3O2. The van der Waals surface area contributed by atoms with Crippen molar-refractivity contribution in [1.29, 1.82) is 0 Å². The molecule has 0 bridgehead atoms. The Morgan fingerprint density at radius 2 is 2.04 bits per heavy atom. The molecule has 0 radical (unpaired) electrons. The molecule has 1 N–H and O–H groups in total. The predicted octanol–water partition coefficient (Wildman–Crippen LogP) is 2.56. The standard InChI is InChI=1S/C19H25N3O2/c1-13-7-3-5-9-15(13)21-18(23)12-11-17-20-16-10-6-4-8-14(16)19(24)22(17)2/h4,6,8,10,13,15H,3,5,7,9,11-12H2,1-2H3,(H,21,23)/t13-,15+/m1/s1. The number of carbonyl (C=O) groups is 1. The summed E-state index contributed by atoms with van der Waals surface area (Å²) in [5.41, 5.74) is 0.633. The summed E-state index contributed by atoms with van der Waals surface area (Å²) in [4.78, 5) is 29.2. The van der Waals surface area contributed by atoms with E-state index in [0.29, 0.717) is 41.5 Å². The molecule has 0 unspecified atom stereocenters. The quantitative estimate of drug-likeness (QED) is 0.938. The number of amides is 1. The number of carbonyl (C=O) groups excluding carboxylic acids is 1. The van der Waals surface area contributed by atoms with Crippen LogP contribution in [0.15, 0.2) is 29.1 Å². The normalized spacial score (nSPS) is 20.9. The molecule has 0 spiro atoms. The Kier molecular flexibility index (Phi) is 4.97. The molecule has 128 valence electrons. The molecule has 5 heteroatoms. The van der Waals surface area contributed by atoms with E-state index in [-0.39, 0.29) is 11.5 Å². The third kappa shape index (κ3) is 3.50. The van der Waals surface area contributed by atoms with Gasteiger partial charge in [0.1, 0.15) is 5.82 Å². The molecule has 1 aliphatic carbocycles. The first-order chi connectivity index (χ1) is 11.6. The van der Waals surface area contributed by atoms with Crippen LogP contribution in [0, 0.1) is 5.92 Å². The molecule has 1 saturated carbocycles. The maximum atomic E-state index is 12.4. The zero-order valence-corrected chi connectivity index (χ0v) is 14.4. The molecule has 1 aliphatic rings. The number of para-hydroxylation sites is 1.